The Balaban J connectivity index is 2.78. The van der Waals surface area contributed by atoms with Crippen LogP contribution in [0.5, 0.6) is 0 Å². The van der Waals surface area contributed by atoms with Gasteiger partial charge in [0.25, 0.3) is 0 Å². The van der Waals surface area contributed by atoms with Crippen molar-refractivity contribution in [3.8, 4) is 0 Å². The first kappa shape index (κ1) is 11.0. The maximum Gasteiger partial charge on any atom is 0.345 e. The molecule has 0 aliphatic heterocycles. The zero-order valence-electron chi connectivity index (χ0n) is 7.29. The Morgan fingerprint density at radius 2 is 2.07 bits per heavy atom. The lowest BCUT2D eigenvalue weighted by Gasteiger charge is -2.15. The fourth-order valence-electron chi connectivity index (χ4n) is 1.10. The standard InChI is InChI=1S/C9H10F3NO/c10-7-3-1-2-6(4-7)8(5-13)14-9(11)12/h1-4,8-9H,5,13H2. The minimum atomic E-state index is -2.91. The molecule has 0 amide bonds. The highest BCUT2D eigenvalue weighted by Crippen LogP contribution is 2.19. The highest BCUT2D eigenvalue weighted by atomic mass is 19.3. The van der Waals surface area contributed by atoms with Crippen LogP contribution in [0.2, 0.25) is 0 Å². The summed E-state index contributed by atoms with van der Waals surface area (Å²) >= 11 is 0. The molecule has 0 aliphatic carbocycles. The fourth-order valence-corrected chi connectivity index (χ4v) is 1.10. The van der Waals surface area contributed by atoms with Gasteiger partial charge in [0.2, 0.25) is 0 Å². The molecule has 0 saturated carbocycles. The number of alkyl halides is 2. The quantitative estimate of drug-likeness (QED) is 0.816. The summed E-state index contributed by atoms with van der Waals surface area (Å²) in [5, 5.41) is 0. The molecule has 0 radical (unpaired) electrons. The molecule has 2 nitrogen and oxygen atoms in total. The van der Waals surface area contributed by atoms with Crippen molar-refractivity contribution in [3.05, 3.63) is 35.6 Å². The molecule has 1 unspecified atom stereocenters. The van der Waals surface area contributed by atoms with E-state index in [9.17, 15) is 13.2 Å². The second kappa shape index (κ2) is 4.97. The van der Waals surface area contributed by atoms with E-state index in [2.05, 4.69) is 4.74 Å². The van der Waals surface area contributed by atoms with E-state index in [1.165, 1.54) is 18.2 Å². The van der Waals surface area contributed by atoms with Crippen LogP contribution in [0, 0.1) is 5.82 Å². The van der Waals surface area contributed by atoms with Gasteiger partial charge in [-0.3, -0.25) is 0 Å². The van der Waals surface area contributed by atoms with E-state index in [1.807, 2.05) is 0 Å². The lowest BCUT2D eigenvalue weighted by atomic mass is 10.1. The first-order valence-electron chi connectivity index (χ1n) is 4.02. The van der Waals surface area contributed by atoms with E-state index in [4.69, 9.17) is 5.73 Å². The van der Waals surface area contributed by atoms with E-state index in [0.717, 1.165) is 6.07 Å². The van der Waals surface area contributed by atoms with Gasteiger partial charge in [-0.05, 0) is 17.7 Å². The maximum atomic E-state index is 12.7. The van der Waals surface area contributed by atoms with Gasteiger partial charge in [0.1, 0.15) is 11.9 Å². The Kier molecular flexibility index (Phi) is 3.91. The van der Waals surface area contributed by atoms with Crippen molar-refractivity contribution in [2.45, 2.75) is 12.7 Å². The third-order valence-corrected chi connectivity index (χ3v) is 1.70. The zero-order valence-corrected chi connectivity index (χ0v) is 7.29. The van der Waals surface area contributed by atoms with E-state index >= 15 is 0 Å². The van der Waals surface area contributed by atoms with Gasteiger partial charge in [-0.15, -0.1) is 0 Å². The summed E-state index contributed by atoms with van der Waals surface area (Å²) in [7, 11) is 0. The van der Waals surface area contributed by atoms with Gasteiger partial charge in [0, 0.05) is 6.54 Å². The maximum absolute atomic E-state index is 12.7. The summed E-state index contributed by atoms with van der Waals surface area (Å²) in [6, 6.07) is 5.25. The molecule has 0 spiro atoms. The minimum Gasteiger partial charge on any atom is -0.328 e. The highest BCUT2D eigenvalue weighted by Gasteiger charge is 2.15. The number of ether oxygens (including phenoxy) is 1. The number of hydrogen-bond donors (Lipinski definition) is 1. The molecule has 1 aromatic rings. The van der Waals surface area contributed by atoms with Crippen LogP contribution < -0.4 is 5.73 Å². The van der Waals surface area contributed by atoms with Gasteiger partial charge in [-0.1, -0.05) is 12.1 Å². The SMILES string of the molecule is NCC(OC(F)F)c1cccc(F)c1. The summed E-state index contributed by atoms with van der Waals surface area (Å²) < 4.78 is 40.7. The van der Waals surface area contributed by atoms with Gasteiger partial charge in [-0.2, -0.15) is 8.78 Å². The molecule has 2 N–H and O–H groups in total. The summed E-state index contributed by atoms with van der Waals surface area (Å²) in [6.07, 6.45) is -0.967. The third kappa shape index (κ3) is 3.01. The van der Waals surface area contributed by atoms with Crippen LogP contribution in [-0.4, -0.2) is 13.2 Å². The molecule has 5 heteroatoms. The Bertz CT molecular complexity index is 293. The third-order valence-electron chi connectivity index (χ3n) is 1.70. The van der Waals surface area contributed by atoms with E-state index in [-0.39, 0.29) is 6.54 Å². The van der Waals surface area contributed by atoms with Crippen LogP contribution in [0.4, 0.5) is 13.2 Å². The lowest BCUT2D eigenvalue weighted by Crippen LogP contribution is -2.18. The predicted molar refractivity (Wildman–Crippen MR) is 45.3 cm³/mol. The average molecular weight is 205 g/mol. The van der Waals surface area contributed by atoms with Gasteiger partial charge in [0.05, 0.1) is 0 Å². The number of hydrogen-bond acceptors (Lipinski definition) is 2. The average Bonchev–Trinajstić information content (AvgIpc) is 2.14. The topological polar surface area (TPSA) is 35.2 Å². The minimum absolute atomic E-state index is 0.117. The Morgan fingerprint density at radius 3 is 2.57 bits per heavy atom. The van der Waals surface area contributed by atoms with Crippen molar-refractivity contribution in [1.82, 2.24) is 0 Å². The second-order valence-corrected chi connectivity index (χ2v) is 2.68. The van der Waals surface area contributed by atoms with Gasteiger partial charge in [0.15, 0.2) is 0 Å². The zero-order chi connectivity index (χ0) is 10.6. The molecular weight excluding hydrogens is 195 g/mol. The van der Waals surface area contributed by atoms with Crippen molar-refractivity contribution in [1.29, 1.82) is 0 Å². The van der Waals surface area contributed by atoms with Crippen LogP contribution in [0.3, 0.4) is 0 Å². The molecule has 0 aliphatic rings. The van der Waals surface area contributed by atoms with Gasteiger partial charge >= 0.3 is 6.61 Å². The molecule has 1 aromatic carbocycles. The molecule has 0 bridgehead atoms. The van der Waals surface area contributed by atoms with Crippen LogP contribution >= 0.6 is 0 Å². The van der Waals surface area contributed by atoms with Crippen LogP contribution in [0.15, 0.2) is 24.3 Å². The molecule has 0 aromatic heterocycles. The monoisotopic (exact) mass is 205 g/mol. The van der Waals surface area contributed by atoms with E-state index in [0.29, 0.717) is 5.56 Å². The molecule has 1 atom stereocenters. The fraction of sp³-hybridized carbons (Fsp3) is 0.333. The number of halogens is 3. The summed E-state index contributed by atoms with van der Waals surface area (Å²) in [4.78, 5) is 0. The normalized spacial score (nSPS) is 13.2. The Hall–Kier alpha value is -1.07. The van der Waals surface area contributed by atoms with Crippen molar-refractivity contribution in [2.75, 3.05) is 6.54 Å². The smallest absolute Gasteiger partial charge is 0.328 e. The van der Waals surface area contributed by atoms with E-state index < -0.39 is 18.5 Å². The van der Waals surface area contributed by atoms with Gasteiger partial charge in [-0.25, -0.2) is 4.39 Å². The van der Waals surface area contributed by atoms with E-state index in [1.54, 1.807) is 0 Å². The van der Waals surface area contributed by atoms with Crippen molar-refractivity contribution < 1.29 is 17.9 Å². The molecule has 78 valence electrons. The predicted octanol–water partition coefficient (Wildman–Crippen LogP) is 2.06. The van der Waals surface area contributed by atoms with Crippen LogP contribution in [0.1, 0.15) is 11.7 Å². The number of rotatable bonds is 4. The first-order valence-corrected chi connectivity index (χ1v) is 4.02. The lowest BCUT2D eigenvalue weighted by molar-refractivity contribution is -0.162. The number of benzene rings is 1. The largest absolute Gasteiger partial charge is 0.345 e. The second-order valence-electron chi connectivity index (χ2n) is 2.68. The summed E-state index contributed by atoms with van der Waals surface area (Å²) in [5.41, 5.74) is 5.54. The molecule has 14 heavy (non-hydrogen) atoms. The Morgan fingerprint density at radius 1 is 1.36 bits per heavy atom. The first-order chi connectivity index (χ1) is 6.63. The molecule has 1 rings (SSSR count). The summed E-state index contributed by atoms with van der Waals surface area (Å²) in [5.74, 6) is -0.501. The van der Waals surface area contributed by atoms with Gasteiger partial charge < -0.3 is 10.5 Å². The van der Waals surface area contributed by atoms with Crippen molar-refractivity contribution in [2.24, 2.45) is 5.73 Å². The van der Waals surface area contributed by atoms with Crippen LogP contribution in [-0.2, 0) is 4.74 Å². The highest BCUT2D eigenvalue weighted by molar-refractivity contribution is 5.19. The summed E-state index contributed by atoms with van der Waals surface area (Å²) in [6.45, 7) is -3.03. The van der Waals surface area contributed by atoms with Crippen LogP contribution in [0.25, 0.3) is 0 Å². The Labute approximate surface area is 79.5 Å². The number of nitrogens with two attached hydrogens (primary N) is 1. The molecule has 0 saturated heterocycles. The molecular formula is C9H10F3NO. The molecule has 0 heterocycles. The van der Waals surface area contributed by atoms with Crippen molar-refractivity contribution >= 4 is 0 Å². The molecule has 0 fully saturated rings. The van der Waals surface area contributed by atoms with Crippen molar-refractivity contribution in [3.63, 3.8) is 0 Å².